The molecule has 0 saturated carbocycles. The quantitative estimate of drug-likeness (QED) is 0.699. The molecule has 62 valence electrons. The molecule has 0 bridgehead atoms. The summed E-state index contributed by atoms with van der Waals surface area (Å²) >= 11 is 0. The molecular formula is C8H15N3. The van der Waals surface area contributed by atoms with Crippen molar-refractivity contribution in [3.63, 3.8) is 0 Å². The maximum atomic E-state index is 5.79. The minimum absolute atomic E-state index is 0.810. The second-order valence-corrected chi connectivity index (χ2v) is 2.78. The highest BCUT2D eigenvalue weighted by Gasteiger charge is 2.05. The minimum Gasteiger partial charge on any atom is -0.384 e. The van der Waals surface area contributed by atoms with Crippen molar-refractivity contribution < 1.29 is 0 Å². The molecule has 1 rings (SSSR count). The first-order chi connectivity index (χ1) is 5.16. The lowest BCUT2D eigenvalue weighted by Crippen LogP contribution is -2.04. The average Bonchev–Trinajstić information content (AvgIpc) is 2.17. The minimum atomic E-state index is 0.810. The van der Waals surface area contributed by atoms with Crippen LogP contribution in [-0.4, -0.2) is 9.55 Å². The third-order valence-electron chi connectivity index (χ3n) is 1.83. The number of rotatable bonds is 2. The average molecular weight is 153 g/mol. The molecule has 0 aliphatic rings. The molecule has 0 fully saturated rings. The number of hydrogen-bond acceptors (Lipinski definition) is 2. The summed E-state index contributed by atoms with van der Waals surface area (Å²) in [6.45, 7) is 7.03. The number of hydrogen-bond donors (Lipinski definition) is 1. The van der Waals surface area contributed by atoms with Crippen molar-refractivity contribution in [1.82, 2.24) is 9.55 Å². The molecular weight excluding hydrogens is 138 g/mol. The summed E-state index contributed by atoms with van der Waals surface area (Å²) in [5, 5.41) is 0. The predicted molar refractivity (Wildman–Crippen MR) is 46.4 cm³/mol. The van der Waals surface area contributed by atoms with Crippen LogP contribution in [0.3, 0.4) is 0 Å². The first-order valence-electron chi connectivity index (χ1n) is 3.96. The fourth-order valence-corrected chi connectivity index (χ4v) is 1.24. The molecule has 0 aliphatic heterocycles. The number of aryl methyl sites for hydroxylation is 2. The van der Waals surface area contributed by atoms with Gasteiger partial charge in [0, 0.05) is 6.54 Å². The van der Waals surface area contributed by atoms with Gasteiger partial charge in [0.1, 0.15) is 11.6 Å². The lowest BCUT2D eigenvalue weighted by atomic mass is 10.4. The Morgan fingerprint density at radius 3 is 2.45 bits per heavy atom. The van der Waals surface area contributed by atoms with E-state index in [0.717, 1.165) is 30.3 Å². The van der Waals surface area contributed by atoms with Crippen LogP contribution in [0.1, 0.15) is 24.9 Å². The maximum Gasteiger partial charge on any atom is 0.126 e. The second kappa shape index (κ2) is 2.95. The van der Waals surface area contributed by atoms with E-state index in [1.165, 1.54) is 0 Å². The van der Waals surface area contributed by atoms with Crippen LogP contribution in [0.25, 0.3) is 0 Å². The Hall–Kier alpha value is -0.990. The van der Waals surface area contributed by atoms with Gasteiger partial charge in [0.25, 0.3) is 0 Å². The Labute approximate surface area is 67.2 Å². The molecule has 0 saturated heterocycles. The summed E-state index contributed by atoms with van der Waals surface area (Å²) in [4.78, 5) is 4.27. The molecule has 3 nitrogen and oxygen atoms in total. The Morgan fingerprint density at radius 1 is 1.45 bits per heavy atom. The number of anilines is 1. The van der Waals surface area contributed by atoms with Crippen LogP contribution in [0.5, 0.6) is 0 Å². The van der Waals surface area contributed by atoms with Crippen molar-refractivity contribution in [2.24, 2.45) is 0 Å². The fraction of sp³-hybridized carbons (Fsp3) is 0.625. The molecule has 1 heterocycles. The van der Waals surface area contributed by atoms with Crippen LogP contribution in [0.15, 0.2) is 0 Å². The number of imidazole rings is 1. The summed E-state index contributed by atoms with van der Waals surface area (Å²) in [6.07, 6.45) is 1.10. The largest absolute Gasteiger partial charge is 0.384 e. The van der Waals surface area contributed by atoms with Gasteiger partial charge in [-0.15, -0.1) is 0 Å². The van der Waals surface area contributed by atoms with E-state index in [4.69, 9.17) is 5.73 Å². The lowest BCUT2D eigenvalue weighted by Gasteiger charge is -2.03. The van der Waals surface area contributed by atoms with E-state index in [1.807, 2.05) is 13.8 Å². The zero-order valence-corrected chi connectivity index (χ0v) is 7.39. The van der Waals surface area contributed by atoms with E-state index in [0.29, 0.717) is 0 Å². The van der Waals surface area contributed by atoms with Crippen LogP contribution in [0.2, 0.25) is 0 Å². The summed E-state index contributed by atoms with van der Waals surface area (Å²) in [7, 11) is 0. The summed E-state index contributed by atoms with van der Waals surface area (Å²) in [5.74, 6) is 1.83. The van der Waals surface area contributed by atoms with Gasteiger partial charge in [-0.05, 0) is 20.3 Å². The molecule has 3 heteroatoms. The Bertz CT molecular complexity index is 250. The molecule has 1 aromatic heterocycles. The van der Waals surface area contributed by atoms with E-state index >= 15 is 0 Å². The van der Waals surface area contributed by atoms with Gasteiger partial charge in [-0.2, -0.15) is 0 Å². The maximum absolute atomic E-state index is 5.79. The van der Waals surface area contributed by atoms with E-state index in [1.54, 1.807) is 0 Å². The Morgan fingerprint density at radius 2 is 2.09 bits per heavy atom. The second-order valence-electron chi connectivity index (χ2n) is 2.78. The highest BCUT2D eigenvalue weighted by molar-refractivity contribution is 5.36. The zero-order valence-electron chi connectivity index (χ0n) is 7.39. The van der Waals surface area contributed by atoms with Gasteiger partial charge in [-0.3, -0.25) is 0 Å². The zero-order chi connectivity index (χ0) is 8.43. The van der Waals surface area contributed by atoms with Crippen LogP contribution < -0.4 is 5.73 Å². The van der Waals surface area contributed by atoms with E-state index < -0.39 is 0 Å². The third kappa shape index (κ3) is 1.37. The molecule has 0 atom stereocenters. The lowest BCUT2D eigenvalue weighted by molar-refractivity contribution is 0.665. The van der Waals surface area contributed by atoms with Crippen LogP contribution in [0.4, 0.5) is 5.82 Å². The van der Waals surface area contributed by atoms with Gasteiger partial charge in [-0.25, -0.2) is 4.98 Å². The van der Waals surface area contributed by atoms with Crippen molar-refractivity contribution in [3.8, 4) is 0 Å². The first-order valence-corrected chi connectivity index (χ1v) is 3.96. The van der Waals surface area contributed by atoms with Crippen molar-refractivity contribution in [2.75, 3.05) is 5.73 Å². The molecule has 0 aromatic carbocycles. The van der Waals surface area contributed by atoms with Crippen molar-refractivity contribution in [3.05, 3.63) is 11.5 Å². The summed E-state index contributed by atoms with van der Waals surface area (Å²) in [5.41, 5.74) is 6.73. The fourth-order valence-electron chi connectivity index (χ4n) is 1.24. The Kier molecular flexibility index (Phi) is 2.17. The monoisotopic (exact) mass is 153 g/mol. The van der Waals surface area contributed by atoms with Gasteiger partial charge in [0.15, 0.2) is 0 Å². The standard InChI is InChI=1S/C8H15N3/c1-4-5-11-7(3)10-6(2)8(11)9/h4-5,9H2,1-3H3. The SMILES string of the molecule is CCCn1c(C)nc(C)c1N. The Balaban J connectivity index is 3.02. The number of nitrogens with zero attached hydrogens (tertiary/aromatic N) is 2. The van der Waals surface area contributed by atoms with Gasteiger partial charge in [0.2, 0.25) is 0 Å². The van der Waals surface area contributed by atoms with Crippen LogP contribution >= 0.6 is 0 Å². The number of aromatic nitrogens is 2. The van der Waals surface area contributed by atoms with Crippen LogP contribution in [0, 0.1) is 13.8 Å². The summed E-state index contributed by atoms with van der Waals surface area (Å²) in [6, 6.07) is 0. The van der Waals surface area contributed by atoms with E-state index in [2.05, 4.69) is 16.5 Å². The van der Waals surface area contributed by atoms with Gasteiger partial charge in [0.05, 0.1) is 5.69 Å². The van der Waals surface area contributed by atoms with Crippen molar-refractivity contribution in [2.45, 2.75) is 33.7 Å². The van der Waals surface area contributed by atoms with Crippen LogP contribution in [-0.2, 0) is 6.54 Å². The molecule has 1 aromatic rings. The molecule has 0 unspecified atom stereocenters. The first kappa shape index (κ1) is 8.11. The van der Waals surface area contributed by atoms with E-state index in [9.17, 15) is 0 Å². The third-order valence-corrected chi connectivity index (χ3v) is 1.83. The molecule has 0 aliphatic carbocycles. The molecule has 0 spiro atoms. The topological polar surface area (TPSA) is 43.8 Å². The highest BCUT2D eigenvalue weighted by Crippen LogP contribution is 2.12. The normalized spacial score (nSPS) is 10.5. The number of nitrogens with two attached hydrogens (primary N) is 1. The summed E-state index contributed by atoms with van der Waals surface area (Å²) < 4.78 is 2.05. The predicted octanol–water partition coefficient (Wildman–Crippen LogP) is 1.49. The smallest absolute Gasteiger partial charge is 0.126 e. The number of nitrogen functional groups attached to an aromatic ring is 1. The van der Waals surface area contributed by atoms with E-state index in [-0.39, 0.29) is 0 Å². The van der Waals surface area contributed by atoms with Gasteiger partial charge < -0.3 is 10.3 Å². The molecule has 0 amide bonds. The molecule has 11 heavy (non-hydrogen) atoms. The van der Waals surface area contributed by atoms with Gasteiger partial charge >= 0.3 is 0 Å². The van der Waals surface area contributed by atoms with Crippen molar-refractivity contribution in [1.29, 1.82) is 0 Å². The highest BCUT2D eigenvalue weighted by atomic mass is 15.1. The molecule has 2 N–H and O–H groups in total. The van der Waals surface area contributed by atoms with Gasteiger partial charge in [-0.1, -0.05) is 6.92 Å². The molecule has 0 radical (unpaired) electrons. The van der Waals surface area contributed by atoms with Crippen molar-refractivity contribution >= 4 is 5.82 Å².